The van der Waals surface area contributed by atoms with Crippen molar-refractivity contribution in [1.82, 2.24) is 19.8 Å². The Labute approximate surface area is 179 Å². The van der Waals surface area contributed by atoms with Gasteiger partial charge < -0.3 is 9.72 Å². The van der Waals surface area contributed by atoms with Crippen LogP contribution in [0.5, 0.6) is 5.75 Å². The molecule has 30 heavy (non-hydrogen) atoms. The standard InChI is InChI=1S/C23H26N4O2S/c28-22-21-17-2-1-3-19(17)30-23(21)25-20(24-22)14-27-9-7-26(8-10-27)13-15-4-5-18-16(12-15)6-11-29-18/h4-5,12H,1-3,6-11,13-14H2,(H,24,25,28). The smallest absolute Gasteiger partial charge is 0.259 e. The number of hydrogen-bond donors (Lipinski definition) is 1. The number of aromatic nitrogens is 2. The van der Waals surface area contributed by atoms with Crippen LogP contribution in [-0.2, 0) is 32.4 Å². The van der Waals surface area contributed by atoms with Gasteiger partial charge in [-0.2, -0.15) is 0 Å². The quantitative estimate of drug-likeness (QED) is 0.701. The minimum atomic E-state index is 0.0497. The monoisotopic (exact) mass is 422 g/mol. The first-order chi connectivity index (χ1) is 14.7. The topological polar surface area (TPSA) is 61.5 Å². The zero-order chi connectivity index (χ0) is 20.1. The van der Waals surface area contributed by atoms with Crippen molar-refractivity contribution in [2.45, 2.75) is 38.8 Å². The van der Waals surface area contributed by atoms with E-state index in [1.165, 1.54) is 28.0 Å². The zero-order valence-electron chi connectivity index (χ0n) is 17.1. The molecule has 0 bridgehead atoms. The Balaban J connectivity index is 1.10. The molecule has 0 unspecified atom stereocenters. The molecule has 0 saturated carbocycles. The van der Waals surface area contributed by atoms with E-state index in [2.05, 4.69) is 33.0 Å². The summed E-state index contributed by atoms with van der Waals surface area (Å²) >= 11 is 1.72. The third-order valence-electron chi connectivity index (χ3n) is 6.62. The Hall–Kier alpha value is -2.22. The van der Waals surface area contributed by atoms with Crippen molar-refractivity contribution in [3.63, 3.8) is 0 Å². The summed E-state index contributed by atoms with van der Waals surface area (Å²) in [6, 6.07) is 6.61. The van der Waals surface area contributed by atoms with Crippen molar-refractivity contribution in [1.29, 1.82) is 0 Å². The van der Waals surface area contributed by atoms with Crippen molar-refractivity contribution in [3.8, 4) is 5.75 Å². The van der Waals surface area contributed by atoms with E-state index < -0.39 is 0 Å². The van der Waals surface area contributed by atoms with Gasteiger partial charge in [-0.05, 0) is 42.0 Å². The lowest BCUT2D eigenvalue weighted by Gasteiger charge is -2.34. The van der Waals surface area contributed by atoms with Crippen LogP contribution >= 0.6 is 11.3 Å². The Morgan fingerprint density at radius 1 is 1.07 bits per heavy atom. The Kier molecular flexibility index (Phi) is 4.62. The summed E-state index contributed by atoms with van der Waals surface area (Å²) in [5, 5.41) is 0.848. The number of rotatable bonds is 4. The lowest BCUT2D eigenvalue weighted by molar-refractivity contribution is 0.120. The summed E-state index contributed by atoms with van der Waals surface area (Å²) in [5.41, 5.74) is 4.02. The molecular formula is C23H26N4O2S. The molecule has 3 aliphatic rings. The second-order valence-corrected chi connectivity index (χ2v) is 9.73. The zero-order valence-corrected chi connectivity index (χ0v) is 17.9. The van der Waals surface area contributed by atoms with Crippen LogP contribution in [0.3, 0.4) is 0 Å². The molecule has 7 heteroatoms. The van der Waals surface area contributed by atoms with E-state index in [1.807, 2.05) is 0 Å². The van der Waals surface area contributed by atoms with E-state index >= 15 is 0 Å². The van der Waals surface area contributed by atoms with Gasteiger partial charge in [0.05, 0.1) is 18.5 Å². The number of aromatic amines is 1. The van der Waals surface area contributed by atoms with Crippen molar-refractivity contribution in [2.24, 2.45) is 0 Å². The van der Waals surface area contributed by atoms with Gasteiger partial charge in [-0.25, -0.2) is 4.98 Å². The SMILES string of the molecule is O=c1[nH]c(CN2CCN(Cc3ccc4c(c3)CCO4)CC2)nc2sc3c(c12)CCC3. The van der Waals surface area contributed by atoms with Crippen LogP contribution < -0.4 is 10.3 Å². The summed E-state index contributed by atoms with van der Waals surface area (Å²) in [6.45, 7) is 6.59. The van der Waals surface area contributed by atoms with Crippen molar-refractivity contribution < 1.29 is 4.74 Å². The molecular weight excluding hydrogens is 396 g/mol. The number of hydrogen-bond acceptors (Lipinski definition) is 6. The van der Waals surface area contributed by atoms with Gasteiger partial charge in [-0.15, -0.1) is 11.3 Å². The average Bonchev–Trinajstić information content (AvgIpc) is 3.44. The fourth-order valence-corrected chi connectivity index (χ4v) is 6.32. The highest BCUT2D eigenvalue weighted by molar-refractivity contribution is 7.18. The van der Waals surface area contributed by atoms with Gasteiger partial charge in [0.25, 0.3) is 5.56 Å². The van der Waals surface area contributed by atoms with Crippen LogP contribution in [0.25, 0.3) is 10.2 Å². The summed E-state index contributed by atoms with van der Waals surface area (Å²) in [7, 11) is 0. The maximum absolute atomic E-state index is 12.7. The summed E-state index contributed by atoms with van der Waals surface area (Å²) in [6.07, 6.45) is 4.32. The Morgan fingerprint density at radius 3 is 2.77 bits per heavy atom. The third kappa shape index (κ3) is 3.35. The summed E-state index contributed by atoms with van der Waals surface area (Å²) < 4.78 is 5.62. The lowest BCUT2D eigenvalue weighted by Crippen LogP contribution is -2.45. The molecule has 0 atom stereocenters. The molecule has 1 aliphatic carbocycles. The normalized spacial score (nSPS) is 19.2. The van der Waals surface area contributed by atoms with Crippen LogP contribution in [0.15, 0.2) is 23.0 Å². The molecule has 0 spiro atoms. The maximum Gasteiger partial charge on any atom is 0.259 e. The number of piperazine rings is 1. The highest BCUT2D eigenvalue weighted by atomic mass is 32.1. The van der Waals surface area contributed by atoms with Crippen LogP contribution in [0.1, 0.15) is 33.8 Å². The van der Waals surface area contributed by atoms with Gasteiger partial charge in [-0.3, -0.25) is 14.6 Å². The molecule has 1 fully saturated rings. The molecule has 2 aliphatic heterocycles. The molecule has 1 saturated heterocycles. The number of thiophene rings is 1. The first-order valence-electron chi connectivity index (χ1n) is 11.0. The number of fused-ring (bicyclic) bond motifs is 4. The minimum absolute atomic E-state index is 0.0497. The highest BCUT2D eigenvalue weighted by Gasteiger charge is 2.23. The number of ether oxygens (including phenoxy) is 1. The first-order valence-corrected chi connectivity index (χ1v) is 11.8. The molecule has 1 N–H and O–H groups in total. The molecule has 156 valence electrons. The minimum Gasteiger partial charge on any atom is -0.493 e. The van der Waals surface area contributed by atoms with Gasteiger partial charge >= 0.3 is 0 Å². The largest absolute Gasteiger partial charge is 0.493 e. The predicted molar refractivity (Wildman–Crippen MR) is 118 cm³/mol. The first kappa shape index (κ1) is 18.5. The van der Waals surface area contributed by atoms with Crippen LogP contribution in [-0.4, -0.2) is 52.6 Å². The van der Waals surface area contributed by atoms with Gasteiger partial charge in [-0.1, -0.05) is 12.1 Å². The maximum atomic E-state index is 12.7. The molecule has 6 nitrogen and oxygen atoms in total. The average molecular weight is 423 g/mol. The molecule has 0 radical (unpaired) electrons. The second-order valence-electron chi connectivity index (χ2n) is 8.64. The van der Waals surface area contributed by atoms with E-state index in [-0.39, 0.29) is 5.56 Å². The van der Waals surface area contributed by atoms with Crippen LogP contribution in [0.4, 0.5) is 0 Å². The number of nitrogens with one attached hydrogen (secondary N) is 1. The predicted octanol–water partition coefficient (Wildman–Crippen LogP) is 2.73. The second kappa shape index (κ2) is 7.48. The fraction of sp³-hybridized carbons (Fsp3) is 0.478. The van der Waals surface area contributed by atoms with Gasteiger partial charge in [0.2, 0.25) is 0 Å². The lowest BCUT2D eigenvalue weighted by atomic mass is 10.1. The molecule has 3 aromatic rings. The van der Waals surface area contributed by atoms with E-state index in [0.29, 0.717) is 0 Å². The molecule has 2 aromatic heterocycles. The fourth-order valence-electron chi connectivity index (χ4n) is 5.04. The third-order valence-corrected chi connectivity index (χ3v) is 7.81. The molecule has 4 heterocycles. The summed E-state index contributed by atoms with van der Waals surface area (Å²) in [5.74, 6) is 1.86. The molecule has 0 amide bonds. The van der Waals surface area contributed by atoms with E-state index in [1.54, 1.807) is 11.3 Å². The van der Waals surface area contributed by atoms with Gasteiger partial charge in [0.1, 0.15) is 16.4 Å². The van der Waals surface area contributed by atoms with E-state index in [4.69, 9.17) is 9.72 Å². The molecule has 1 aromatic carbocycles. The number of aryl methyl sites for hydroxylation is 2. The molecule has 6 rings (SSSR count). The summed E-state index contributed by atoms with van der Waals surface area (Å²) in [4.78, 5) is 27.8. The number of benzene rings is 1. The van der Waals surface area contributed by atoms with Crippen LogP contribution in [0, 0.1) is 0 Å². The van der Waals surface area contributed by atoms with Crippen molar-refractivity contribution in [2.75, 3.05) is 32.8 Å². The number of nitrogens with zero attached hydrogens (tertiary/aromatic N) is 3. The number of H-pyrrole nitrogens is 1. The Morgan fingerprint density at radius 2 is 1.90 bits per heavy atom. The van der Waals surface area contributed by atoms with Crippen LogP contribution in [0.2, 0.25) is 0 Å². The highest BCUT2D eigenvalue weighted by Crippen LogP contribution is 2.34. The van der Waals surface area contributed by atoms with Gasteiger partial charge in [0, 0.05) is 44.0 Å². The van der Waals surface area contributed by atoms with E-state index in [0.717, 1.165) is 86.9 Å². The van der Waals surface area contributed by atoms with E-state index in [9.17, 15) is 4.79 Å². The van der Waals surface area contributed by atoms with Gasteiger partial charge in [0.15, 0.2) is 0 Å². The Bertz CT molecular complexity index is 1160. The van der Waals surface area contributed by atoms with Crippen molar-refractivity contribution >= 4 is 21.6 Å². The van der Waals surface area contributed by atoms with Crippen molar-refractivity contribution in [3.05, 3.63) is 55.9 Å².